The maximum absolute atomic E-state index is 14.2. The summed E-state index contributed by atoms with van der Waals surface area (Å²) in [7, 11) is 0. The summed E-state index contributed by atoms with van der Waals surface area (Å²) in [6.07, 6.45) is -4.68. The van der Waals surface area contributed by atoms with Gasteiger partial charge in [-0.3, -0.25) is 4.68 Å². The summed E-state index contributed by atoms with van der Waals surface area (Å²) in [6.45, 7) is 4.67. The van der Waals surface area contributed by atoms with Gasteiger partial charge in [0.2, 0.25) is 0 Å². The Morgan fingerprint density at radius 3 is 2.32 bits per heavy atom. The van der Waals surface area contributed by atoms with E-state index in [2.05, 4.69) is 5.10 Å². The second-order valence-electron chi connectivity index (χ2n) is 5.68. The Balaban J connectivity index is 2.27. The van der Waals surface area contributed by atoms with Crippen LogP contribution in [-0.2, 0) is 12.1 Å². The van der Waals surface area contributed by atoms with Crippen LogP contribution in [0.25, 0.3) is 0 Å². The van der Waals surface area contributed by atoms with E-state index in [4.69, 9.17) is 0 Å². The van der Waals surface area contributed by atoms with Gasteiger partial charge in [-0.15, -0.1) is 0 Å². The quantitative estimate of drug-likeness (QED) is 0.712. The lowest BCUT2D eigenvalue weighted by atomic mass is 10.1. The molecular formula is C12H13F5N2. The van der Waals surface area contributed by atoms with Crippen LogP contribution in [0.2, 0.25) is 0 Å². The van der Waals surface area contributed by atoms with Gasteiger partial charge in [-0.2, -0.15) is 27.1 Å². The van der Waals surface area contributed by atoms with Gasteiger partial charge in [0.05, 0.1) is 0 Å². The number of hydrogen-bond acceptors (Lipinski definition) is 1. The molecule has 0 saturated heterocycles. The molecule has 3 rings (SSSR count). The van der Waals surface area contributed by atoms with Crippen LogP contribution in [0.3, 0.4) is 0 Å². The zero-order valence-corrected chi connectivity index (χ0v) is 10.6. The van der Waals surface area contributed by atoms with Crippen molar-refractivity contribution in [2.45, 2.75) is 44.8 Å². The SMILES string of the molecule is CC(C)n1nc(C(F)(F)F)c2c1C(F)(F)[C@@H]1[C@H](C)[C@H]21. The summed E-state index contributed by atoms with van der Waals surface area (Å²) in [4.78, 5) is 0. The standard InChI is InChI=1S/C12H13F5N2/c1-4(2)19-10-7(9(18-19)12(15,16)17)6-5(3)8(6)11(10,13)14/h4-6,8H,1-3H3/t5-,6-,8-/m1/s1. The third-order valence-corrected chi connectivity index (χ3v) is 4.15. The molecule has 0 radical (unpaired) electrons. The molecule has 106 valence electrons. The molecule has 2 nitrogen and oxygen atoms in total. The molecule has 1 saturated carbocycles. The maximum atomic E-state index is 14.2. The van der Waals surface area contributed by atoms with Crippen LogP contribution in [-0.4, -0.2) is 9.78 Å². The Labute approximate surface area is 106 Å². The molecule has 19 heavy (non-hydrogen) atoms. The van der Waals surface area contributed by atoms with Gasteiger partial charge in [0.15, 0.2) is 5.69 Å². The van der Waals surface area contributed by atoms with Gasteiger partial charge < -0.3 is 0 Å². The molecule has 3 atom stereocenters. The molecule has 0 bridgehead atoms. The first-order valence-corrected chi connectivity index (χ1v) is 6.16. The van der Waals surface area contributed by atoms with Crippen LogP contribution in [0.15, 0.2) is 0 Å². The smallest absolute Gasteiger partial charge is 0.260 e. The lowest BCUT2D eigenvalue weighted by molar-refractivity contribution is -0.142. The Bertz CT molecular complexity index is 543. The average Bonchev–Trinajstić information content (AvgIpc) is 2.68. The first-order valence-electron chi connectivity index (χ1n) is 6.16. The highest BCUT2D eigenvalue weighted by Crippen LogP contribution is 2.72. The minimum Gasteiger partial charge on any atom is -0.260 e. The van der Waals surface area contributed by atoms with Crippen molar-refractivity contribution < 1.29 is 22.0 Å². The molecule has 2 aliphatic rings. The molecule has 1 aromatic rings. The average molecular weight is 280 g/mol. The second-order valence-corrected chi connectivity index (χ2v) is 5.68. The van der Waals surface area contributed by atoms with E-state index < -0.39 is 47.3 Å². The van der Waals surface area contributed by atoms with Crippen molar-refractivity contribution in [3.05, 3.63) is 17.0 Å². The second kappa shape index (κ2) is 3.30. The molecule has 1 heterocycles. The van der Waals surface area contributed by atoms with Gasteiger partial charge in [-0.25, -0.2) is 0 Å². The Hall–Kier alpha value is -1.14. The van der Waals surface area contributed by atoms with Crippen LogP contribution in [0.5, 0.6) is 0 Å². The summed E-state index contributed by atoms with van der Waals surface area (Å²) in [5.74, 6) is -5.31. The van der Waals surface area contributed by atoms with Crippen LogP contribution in [0.4, 0.5) is 22.0 Å². The van der Waals surface area contributed by atoms with Crippen molar-refractivity contribution in [3.63, 3.8) is 0 Å². The summed E-state index contributed by atoms with van der Waals surface area (Å²) >= 11 is 0. The fourth-order valence-electron chi connectivity index (χ4n) is 3.30. The Kier molecular flexibility index (Phi) is 2.23. The van der Waals surface area contributed by atoms with Crippen molar-refractivity contribution in [2.75, 3.05) is 0 Å². The number of rotatable bonds is 1. The number of aromatic nitrogens is 2. The predicted molar refractivity (Wildman–Crippen MR) is 56.9 cm³/mol. The summed E-state index contributed by atoms with van der Waals surface area (Å²) in [6, 6.07) is -0.525. The van der Waals surface area contributed by atoms with Gasteiger partial charge in [0.25, 0.3) is 5.92 Å². The van der Waals surface area contributed by atoms with Gasteiger partial charge >= 0.3 is 6.18 Å². The lowest BCUT2D eigenvalue weighted by Crippen LogP contribution is -2.22. The molecular weight excluding hydrogens is 267 g/mol. The molecule has 0 spiro atoms. The van der Waals surface area contributed by atoms with E-state index in [0.717, 1.165) is 4.68 Å². The van der Waals surface area contributed by atoms with Crippen molar-refractivity contribution in [2.24, 2.45) is 11.8 Å². The highest BCUT2D eigenvalue weighted by molar-refractivity contribution is 5.48. The molecule has 0 aromatic carbocycles. The molecule has 2 aliphatic carbocycles. The van der Waals surface area contributed by atoms with E-state index >= 15 is 0 Å². The molecule has 1 fully saturated rings. The van der Waals surface area contributed by atoms with Crippen LogP contribution < -0.4 is 0 Å². The Morgan fingerprint density at radius 1 is 1.26 bits per heavy atom. The zero-order chi connectivity index (χ0) is 14.3. The fourth-order valence-corrected chi connectivity index (χ4v) is 3.30. The zero-order valence-electron chi connectivity index (χ0n) is 10.6. The molecule has 1 aromatic heterocycles. The van der Waals surface area contributed by atoms with E-state index in [1.807, 2.05) is 0 Å². The number of halogens is 5. The largest absolute Gasteiger partial charge is 0.435 e. The van der Waals surface area contributed by atoms with E-state index in [1.54, 1.807) is 20.8 Å². The monoisotopic (exact) mass is 280 g/mol. The predicted octanol–water partition coefficient (Wildman–Crippen LogP) is 3.94. The van der Waals surface area contributed by atoms with E-state index in [0.29, 0.717) is 0 Å². The fraction of sp³-hybridized carbons (Fsp3) is 0.750. The molecule has 0 aliphatic heterocycles. The first-order chi connectivity index (χ1) is 8.58. The summed E-state index contributed by atoms with van der Waals surface area (Å²) < 4.78 is 68.2. The number of alkyl halides is 5. The van der Waals surface area contributed by atoms with Crippen molar-refractivity contribution in [1.29, 1.82) is 0 Å². The highest BCUT2D eigenvalue weighted by Gasteiger charge is 2.72. The van der Waals surface area contributed by atoms with Gasteiger partial charge in [0.1, 0.15) is 5.69 Å². The number of fused-ring (bicyclic) bond motifs is 3. The number of nitrogens with zero attached hydrogens (tertiary/aromatic N) is 2. The minimum absolute atomic E-state index is 0.274. The van der Waals surface area contributed by atoms with Crippen molar-refractivity contribution in [3.8, 4) is 0 Å². The molecule has 7 heteroatoms. The van der Waals surface area contributed by atoms with Crippen LogP contribution in [0.1, 0.15) is 49.7 Å². The minimum atomic E-state index is -4.68. The lowest BCUT2D eigenvalue weighted by Gasteiger charge is -2.18. The molecule has 0 amide bonds. The van der Waals surface area contributed by atoms with Crippen molar-refractivity contribution >= 4 is 0 Å². The molecule has 0 unspecified atom stereocenters. The maximum Gasteiger partial charge on any atom is 0.435 e. The third-order valence-electron chi connectivity index (χ3n) is 4.15. The molecule has 0 N–H and O–H groups in total. The van der Waals surface area contributed by atoms with E-state index in [-0.39, 0.29) is 5.56 Å². The highest BCUT2D eigenvalue weighted by atomic mass is 19.4. The first kappa shape index (κ1) is 12.9. The third kappa shape index (κ3) is 1.44. The van der Waals surface area contributed by atoms with Gasteiger partial charge in [0, 0.05) is 23.4 Å². The van der Waals surface area contributed by atoms with Crippen molar-refractivity contribution in [1.82, 2.24) is 9.78 Å². The van der Waals surface area contributed by atoms with Crippen LogP contribution in [0, 0.1) is 11.8 Å². The van der Waals surface area contributed by atoms with E-state index in [1.165, 1.54) is 0 Å². The van der Waals surface area contributed by atoms with Gasteiger partial charge in [-0.1, -0.05) is 6.92 Å². The topological polar surface area (TPSA) is 17.8 Å². The normalized spacial score (nSPS) is 31.5. The van der Waals surface area contributed by atoms with Crippen LogP contribution >= 0.6 is 0 Å². The number of hydrogen-bond donors (Lipinski definition) is 0. The van der Waals surface area contributed by atoms with Gasteiger partial charge in [-0.05, 0) is 19.8 Å². The Morgan fingerprint density at radius 2 is 1.84 bits per heavy atom. The summed E-state index contributed by atoms with van der Waals surface area (Å²) in [5, 5.41) is 3.42. The van der Waals surface area contributed by atoms with E-state index in [9.17, 15) is 22.0 Å². The summed E-state index contributed by atoms with van der Waals surface area (Å²) in [5.41, 5.74) is -1.93.